The minimum Gasteiger partial charge on any atom is -0.383 e. The summed E-state index contributed by atoms with van der Waals surface area (Å²) in [5.41, 5.74) is 1.00. The van der Waals surface area contributed by atoms with Crippen LogP contribution in [0.3, 0.4) is 0 Å². The molecular formula is C13H19Cl2N. The number of rotatable bonds is 6. The Morgan fingerprint density at radius 2 is 1.75 bits per heavy atom. The monoisotopic (exact) mass is 259 g/mol. The van der Waals surface area contributed by atoms with Gasteiger partial charge in [-0.3, -0.25) is 0 Å². The molecule has 0 spiro atoms. The van der Waals surface area contributed by atoms with E-state index in [1.807, 2.05) is 12.1 Å². The Kier molecular flexibility index (Phi) is 6.00. The van der Waals surface area contributed by atoms with Crippen LogP contribution in [-0.2, 0) is 0 Å². The molecule has 0 heterocycles. The van der Waals surface area contributed by atoms with E-state index in [1.54, 1.807) is 6.07 Å². The van der Waals surface area contributed by atoms with E-state index < -0.39 is 0 Å². The number of halogens is 2. The van der Waals surface area contributed by atoms with Crippen LogP contribution in [0.1, 0.15) is 39.5 Å². The summed E-state index contributed by atoms with van der Waals surface area (Å²) in [6.45, 7) is 4.40. The average Bonchev–Trinajstić information content (AvgIpc) is 2.16. The molecule has 3 heteroatoms. The first-order chi connectivity index (χ1) is 7.61. The zero-order valence-corrected chi connectivity index (χ0v) is 11.4. The Balaban J connectivity index is 2.45. The molecule has 1 rings (SSSR count). The lowest BCUT2D eigenvalue weighted by Gasteiger charge is -2.15. The molecule has 0 aliphatic rings. The van der Waals surface area contributed by atoms with Crippen molar-refractivity contribution in [1.29, 1.82) is 0 Å². The minimum atomic E-state index is 0.459. The Labute approximate surface area is 108 Å². The fourth-order valence-corrected chi connectivity index (χ4v) is 2.22. The van der Waals surface area contributed by atoms with Crippen molar-refractivity contribution >= 4 is 28.9 Å². The van der Waals surface area contributed by atoms with Gasteiger partial charge in [0.2, 0.25) is 0 Å². The van der Waals surface area contributed by atoms with Gasteiger partial charge in [-0.25, -0.2) is 0 Å². The van der Waals surface area contributed by atoms with E-state index in [0.717, 1.165) is 5.69 Å². The predicted molar refractivity (Wildman–Crippen MR) is 73.7 cm³/mol. The fourth-order valence-electron chi connectivity index (χ4n) is 1.69. The predicted octanol–water partition coefficient (Wildman–Crippen LogP) is 5.37. The molecule has 0 fully saturated rings. The average molecular weight is 260 g/mol. The second kappa shape index (κ2) is 7.03. The van der Waals surface area contributed by atoms with Crippen LogP contribution in [0.5, 0.6) is 0 Å². The molecule has 1 aromatic carbocycles. The lowest BCUT2D eigenvalue weighted by Crippen LogP contribution is -2.14. The Bertz CT molecular complexity index is 305. The number of nitrogens with one attached hydrogen (secondary N) is 1. The van der Waals surface area contributed by atoms with Crippen LogP contribution < -0.4 is 5.32 Å². The number of hydrogen-bond donors (Lipinski definition) is 1. The van der Waals surface area contributed by atoms with Crippen molar-refractivity contribution in [3.05, 3.63) is 28.2 Å². The fraction of sp³-hybridized carbons (Fsp3) is 0.538. The highest BCUT2D eigenvalue weighted by Gasteiger charge is 2.03. The zero-order valence-electron chi connectivity index (χ0n) is 9.89. The van der Waals surface area contributed by atoms with Crippen LogP contribution in [0.15, 0.2) is 18.2 Å². The molecule has 90 valence electrons. The summed E-state index contributed by atoms with van der Waals surface area (Å²) >= 11 is 11.9. The Morgan fingerprint density at radius 1 is 1.12 bits per heavy atom. The molecule has 1 atom stereocenters. The molecule has 0 radical (unpaired) electrons. The maximum absolute atomic E-state index is 5.94. The molecule has 0 saturated carbocycles. The van der Waals surface area contributed by atoms with Crippen molar-refractivity contribution in [3.63, 3.8) is 0 Å². The van der Waals surface area contributed by atoms with Gasteiger partial charge in [0.15, 0.2) is 0 Å². The lowest BCUT2D eigenvalue weighted by atomic mass is 10.1. The number of unbranched alkanes of at least 4 members (excludes halogenated alkanes) is 2. The van der Waals surface area contributed by atoms with Crippen LogP contribution in [-0.4, -0.2) is 6.04 Å². The summed E-state index contributed by atoms with van der Waals surface area (Å²) in [6.07, 6.45) is 5.00. The summed E-state index contributed by atoms with van der Waals surface area (Å²) in [4.78, 5) is 0. The van der Waals surface area contributed by atoms with Gasteiger partial charge in [0.05, 0.1) is 0 Å². The molecule has 0 saturated heterocycles. The topological polar surface area (TPSA) is 12.0 Å². The molecule has 0 aliphatic carbocycles. The van der Waals surface area contributed by atoms with Crippen molar-refractivity contribution in [3.8, 4) is 0 Å². The smallest absolute Gasteiger partial charge is 0.0441 e. The van der Waals surface area contributed by atoms with Crippen LogP contribution in [0, 0.1) is 0 Å². The van der Waals surface area contributed by atoms with E-state index in [4.69, 9.17) is 23.2 Å². The van der Waals surface area contributed by atoms with Gasteiger partial charge >= 0.3 is 0 Å². The normalized spacial score (nSPS) is 12.5. The largest absolute Gasteiger partial charge is 0.383 e. The molecule has 1 aromatic rings. The van der Waals surface area contributed by atoms with Gasteiger partial charge in [-0.05, 0) is 31.5 Å². The van der Waals surface area contributed by atoms with Gasteiger partial charge in [0.25, 0.3) is 0 Å². The number of anilines is 1. The van der Waals surface area contributed by atoms with E-state index in [0.29, 0.717) is 16.1 Å². The third-order valence-corrected chi connectivity index (χ3v) is 2.95. The zero-order chi connectivity index (χ0) is 12.0. The van der Waals surface area contributed by atoms with Crippen LogP contribution >= 0.6 is 23.2 Å². The van der Waals surface area contributed by atoms with Crippen molar-refractivity contribution in [1.82, 2.24) is 0 Å². The third-order valence-electron chi connectivity index (χ3n) is 2.52. The van der Waals surface area contributed by atoms with Gasteiger partial charge in [-0.15, -0.1) is 0 Å². The highest BCUT2D eigenvalue weighted by atomic mass is 35.5. The van der Waals surface area contributed by atoms with Crippen molar-refractivity contribution in [2.75, 3.05) is 5.32 Å². The first-order valence-corrected chi connectivity index (χ1v) is 6.60. The van der Waals surface area contributed by atoms with E-state index in [1.165, 1.54) is 25.7 Å². The Hall–Kier alpha value is -0.400. The molecule has 0 amide bonds. The van der Waals surface area contributed by atoms with Gasteiger partial charge in [-0.2, -0.15) is 0 Å². The maximum atomic E-state index is 5.94. The van der Waals surface area contributed by atoms with Crippen LogP contribution in [0.2, 0.25) is 10.0 Å². The minimum absolute atomic E-state index is 0.459. The molecule has 1 nitrogen and oxygen atoms in total. The molecule has 0 bridgehead atoms. The Morgan fingerprint density at radius 3 is 2.31 bits per heavy atom. The highest BCUT2D eigenvalue weighted by molar-refractivity contribution is 6.35. The molecular weight excluding hydrogens is 241 g/mol. The van der Waals surface area contributed by atoms with Crippen LogP contribution in [0.4, 0.5) is 5.69 Å². The molecule has 1 N–H and O–H groups in total. The highest BCUT2D eigenvalue weighted by Crippen LogP contribution is 2.23. The quantitative estimate of drug-likeness (QED) is 0.677. The number of benzene rings is 1. The van der Waals surface area contributed by atoms with E-state index in [2.05, 4.69) is 19.2 Å². The first kappa shape index (κ1) is 13.7. The second-order valence-corrected chi connectivity index (χ2v) is 5.07. The van der Waals surface area contributed by atoms with Gasteiger partial charge in [0.1, 0.15) is 0 Å². The van der Waals surface area contributed by atoms with Gasteiger partial charge in [-0.1, -0.05) is 49.4 Å². The van der Waals surface area contributed by atoms with Crippen molar-refractivity contribution < 1.29 is 0 Å². The molecule has 0 aromatic heterocycles. The SMILES string of the molecule is CCCCCC(C)Nc1cc(Cl)cc(Cl)c1. The molecule has 16 heavy (non-hydrogen) atoms. The second-order valence-electron chi connectivity index (χ2n) is 4.20. The summed E-state index contributed by atoms with van der Waals surface area (Å²) in [5.74, 6) is 0. The lowest BCUT2D eigenvalue weighted by molar-refractivity contribution is 0.615. The summed E-state index contributed by atoms with van der Waals surface area (Å²) < 4.78 is 0. The van der Waals surface area contributed by atoms with Crippen molar-refractivity contribution in [2.45, 2.75) is 45.6 Å². The standard InChI is InChI=1S/C13H19Cl2N/c1-3-4-5-6-10(2)16-13-8-11(14)7-12(15)9-13/h7-10,16H,3-6H2,1-2H3. The van der Waals surface area contributed by atoms with E-state index in [9.17, 15) is 0 Å². The summed E-state index contributed by atoms with van der Waals surface area (Å²) in [7, 11) is 0. The van der Waals surface area contributed by atoms with Gasteiger partial charge in [0, 0.05) is 21.8 Å². The van der Waals surface area contributed by atoms with Crippen LogP contribution in [0.25, 0.3) is 0 Å². The number of hydrogen-bond acceptors (Lipinski definition) is 1. The molecule has 0 aliphatic heterocycles. The van der Waals surface area contributed by atoms with Gasteiger partial charge < -0.3 is 5.32 Å². The van der Waals surface area contributed by atoms with E-state index in [-0.39, 0.29) is 0 Å². The molecule has 1 unspecified atom stereocenters. The summed E-state index contributed by atoms with van der Waals surface area (Å²) in [5, 5.41) is 4.77. The van der Waals surface area contributed by atoms with E-state index >= 15 is 0 Å². The summed E-state index contributed by atoms with van der Waals surface area (Å²) in [6, 6.07) is 6.02. The van der Waals surface area contributed by atoms with Crippen molar-refractivity contribution in [2.24, 2.45) is 0 Å². The first-order valence-electron chi connectivity index (χ1n) is 5.84. The third kappa shape index (κ3) is 5.09. The maximum Gasteiger partial charge on any atom is 0.0441 e.